The van der Waals surface area contributed by atoms with E-state index in [4.69, 9.17) is 4.74 Å². The molecule has 3 aromatic carbocycles. The molecule has 7 rings (SSSR count). The third-order valence-electron chi connectivity index (χ3n) is 8.64. The first-order valence-corrected chi connectivity index (χ1v) is 13.8. The maximum absolute atomic E-state index is 14.1. The number of nitrogens with one attached hydrogen (secondary N) is 1. The van der Waals surface area contributed by atoms with Gasteiger partial charge in [-0.1, -0.05) is 80.1 Å². The van der Waals surface area contributed by atoms with Crippen LogP contribution in [0.15, 0.2) is 66.7 Å². The molecule has 7 heteroatoms. The number of imide groups is 1. The summed E-state index contributed by atoms with van der Waals surface area (Å²) in [5.74, 6) is -3.99. The summed E-state index contributed by atoms with van der Waals surface area (Å²) in [7, 11) is 0. The lowest BCUT2D eigenvalue weighted by Crippen LogP contribution is -2.49. The van der Waals surface area contributed by atoms with Gasteiger partial charge in [0.05, 0.1) is 11.8 Å². The van der Waals surface area contributed by atoms with Gasteiger partial charge in [0.2, 0.25) is 11.8 Å². The van der Waals surface area contributed by atoms with Crippen LogP contribution in [0.2, 0.25) is 0 Å². The largest absolute Gasteiger partial charge is 0.454 e. The van der Waals surface area contributed by atoms with Crippen LogP contribution in [0.5, 0.6) is 0 Å². The topological polar surface area (TPSA) is 92.8 Å². The molecule has 0 aromatic heterocycles. The zero-order valence-corrected chi connectivity index (χ0v) is 23.0. The van der Waals surface area contributed by atoms with Gasteiger partial charge in [0, 0.05) is 17.5 Å². The fraction of sp³-hybridized carbons (Fsp3) is 0.333. The summed E-state index contributed by atoms with van der Waals surface area (Å²) in [6, 6.07) is 20.6. The van der Waals surface area contributed by atoms with Gasteiger partial charge in [0.15, 0.2) is 6.61 Å². The first kappa shape index (κ1) is 26.0. The summed E-state index contributed by atoms with van der Waals surface area (Å²) in [6.07, 6.45) is 0. The van der Waals surface area contributed by atoms with E-state index in [0.717, 1.165) is 38.3 Å². The van der Waals surface area contributed by atoms with Crippen molar-refractivity contribution in [2.75, 3.05) is 11.9 Å². The normalized spacial score (nSPS) is 23.0. The number of likely N-dealkylation sites (tertiary alicyclic amines) is 1. The van der Waals surface area contributed by atoms with Crippen molar-refractivity contribution in [1.82, 2.24) is 4.90 Å². The number of anilines is 1. The molecule has 4 aliphatic rings. The van der Waals surface area contributed by atoms with Crippen LogP contribution < -0.4 is 5.32 Å². The molecule has 1 N–H and O–H groups in total. The highest BCUT2D eigenvalue weighted by molar-refractivity contribution is 6.10. The highest BCUT2D eigenvalue weighted by Crippen LogP contribution is 2.61. The van der Waals surface area contributed by atoms with E-state index in [1.54, 1.807) is 19.9 Å². The number of nitrogens with zero attached hydrogens (tertiary/aromatic N) is 1. The Hall–Kier alpha value is -4.26. The van der Waals surface area contributed by atoms with E-state index in [-0.39, 0.29) is 23.7 Å². The number of hydrogen-bond acceptors (Lipinski definition) is 5. The number of amides is 3. The number of esters is 1. The van der Waals surface area contributed by atoms with Gasteiger partial charge in [-0.15, -0.1) is 0 Å². The maximum Gasteiger partial charge on any atom is 0.330 e. The standard InChI is InChI=1S/C33H32N2O5/c1-17(2)30(33(39)40-16-25(36)34-24-14-13-18(3)15-19(24)4)35-31(37)28-26-20-9-5-6-10-21(20)27(29(28)32(35)38)23-12-8-7-11-22(23)26/h5-15,17,26-30H,16H2,1-4H3,(H,34,36)/t26?,27?,28-,29-,30-/m0/s1. The Morgan fingerprint density at radius 2 is 1.32 bits per heavy atom. The van der Waals surface area contributed by atoms with Crippen LogP contribution in [-0.2, 0) is 23.9 Å². The number of carbonyl (C=O) groups is 4. The van der Waals surface area contributed by atoms with Crippen LogP contribution >= 0.6 is 0 Å². The lowest BCUT2D eigenvalue weighted by molar-refractivity contribution is -0.162. The Bertz CT molecular complexity index is 1440. The Kier molecular flexibility index (Phi) is 6.32. The van der Waals surface area contributed by atoms with Crippen LogP contribution in [0.1, 0.15) is 59.1 Å². The van der Waals surface area contributed by atoms with Crippen molar-refractivity contribution in [2.45, 2.75) is 45.6 Å². The average Bonchev–Trinajstić information content (AvgIpc) is 3.19. The van der Waals surface area contributed by atoms with Gasteiger partial charge in [-0.05, 0) is 53.6 Å². The summed E-state index contributed by atoms with van der Waals surface area (Å²) >= 11 is 0. The van der Waals surface area contributed by atoms with Crippen molar-refractivity contribution < 1.29 is 23.9 Å². The van der Waals surface area contributed by atoms with E-state index in [1.807, 2.05) is 74.5 Å². The Morgan fingerprint density at radius 1 is 0.825 bits per heavy atom. The lowest BCUT2D eigenvalue weighted by Gasteiger charge is -2.45. The van der Waals surface area contributed by atoms with E-state index in [2.05, 4.69) is 5.32 Å². The second kappa shape index (κ2) is 9.73. The fourth-order valence-electron chi connectivity index (χ4n) is 7.01. The van der Waals surface area contributed by atoms with Gasteiger partial charge in [-0.3, -0.25) is 19.3 Å². The van der Waals surface area contributed by atoms with Crippen molar-refractivity contribution >= 4 is 29.4 Å². The second-order valence-corrected chi connectivity index (χ2v) is 11.5. The predicted molar refractivity (Wildman–Crippen MR) is 150 cm³/mol. The number of aryl methyl sites for hydroxylation is 2. The second-order valence-electron chi connectivity index (χ2n) is 11.5. The van der Waals surface area contributed by atoms with Crippen LogP contribution in [0.4, 0.5) is 5.69 Å². The minimum atomic E-state index is -1.12. The SMILES string of the molecule is Cc1ccc(NC(=O)COC(=O)[C@H](C(C)C)N2C(=O)[C@H]3C4c5ccccc5C(c5ccccc54)[C@@H]3C2=O)c(C)c1. The lowest BCUT2D eigenvalue weighted by atomic mass is 9.55. The van der Waals surface area contributed by atoms with Crippen LogP contribution in [0, 0.1) is 31.6 Å². The zero-order valence-electron chi connectivity index (χ0n) is 23.0. The van der Waals surface area contributed by atoms with Crippen LogP contribution in [-0.4, -0.2) is 41.2 Å². The average molecular weight is 537 g/mol. The molecule has 3 amide bonds. The van der Waals surface area contributed by atoms with Gasteiger partial charge in [0.25, 0.3) is 5.91 Å². The third-order valence-corrected chi connectivity index (χ3v) is 8.64. The minimum Gasteiger partial charge on any atom is -0.454 e. The number of carbonyl (C=O) groups excluding carboxylic acids is 4. The number of hydrogen-bond donors (Lipinski definition) is 1. The summed E-state index contributed by atoms with van der Waals surface area (Å²) < 4.78 is 5.42. The van der Waals surface area contributed by atoms with E-state index in [1.165, 1.54) is 0 Å². The van der Waals surface area contributed by atoms with Gasteiger partial charge < -0.3 is 10.1 Å². The molecule has 2 bridgehead atoms. The van der Waals surface area contributed by atoms with E-state index in [9.17, 15) is 19.2 Å². The number of ether oxygens (including phenoxy) is 1. The summed E-state index contributed by atoms with van der Waals surface area (Å²) in [5, 5.41) is 2.77. The first-order chi connectivity index (χ1) is 19.2. The van der Waals surface area contributed by atoms with Crippen LogP contribution in [0.3, 0.4) is 0 Å². The fourth-order valence-corrected chi connectivity index (χ4v) is 7.01. The van der Waals surface area contributed by atoms with Gasteiger partial charge in [-0.25, -0.2) is 4.79 Å². The molecule has 40 heavy (non-hydrogen) atoms. The van der Waals surface area contributed by atoms with Crippen LogP contribution in [0.25, 0.3) is 0 Å². The molecule has 204 valence electrons. The predicted octanol–water partition coefficient (Wildman–Crippen LogP) is 4.70. The molecule has 7 nitrogen and oxygen atoms in total. The van der Waals surface area contributed by atoms with E-state index >= 15 is 0 Å². The highest BCUT2D eigenvalue weighted by Gasteiger charge is 2.63. The van der Waals surface area contributed by atoms with Crippen molar-refractivity contribution in [3.63, 3.8) is 0 Å². The zero-order chi connectivity index (χ0) is 28.3. The minimum absolute atomic E-state index is 0.254. The quantitative estimate of drug-likeness (QED) is 0.364. The molecule has 0 saturated carbocycles. The molecule has 3 aromatic rings. The van der Waals surface area contributed by atoms with Crippen molar-refractivity contribution in [1.29, 1.82) is 0 Å². The molecule has 0 spiro atoms. The summed E-state index contributed by atoms with van der Waals surface area (Å²) in [6.45, 7) is 6.90. The van der Waals surface area contributed by atoms with E-state index in [0.29, 0.717) is 5.69 Å². The molecule has 3 atom stereocenters. The first-order valence-electron chi connectivity index (χ1n) is 13.8. The van der Waals surface area contributed by atoms with Crippen molar-refractivity contribution in [2.24, 2.45) is 17.8 Å². The Balaban J connectivity index is 1.26. The van der Waals surface area contributed by atoms with Crippen molar-refractivity contribution in [3.05, 3.63) is 100 Å². The van der Waals surface area contributed by atoms with Gasteiger partial charge in [0.1, 0.15) is 6.04 Å². The summed E-state index contributed by atoms with van der Waals surface area (Å²) in [4.78, 5) is 55.3. The number of benzene rings is 3. The molecule has 1 heterocycles. The monoisotopic (exact) mass is 536 g/mol. The Labute approximate surface area is 233 Å². The third kappa shape index (κ3) is 3.95. The molecule has 3 aliphatic carbocycles. The Morgan fingerprint density at radius 3 is 1.77 bits per heavy atom. The number of rotatable bonds is 6. The molecule has 1 saturated heterocycles. The van der Waals surface area contributed by atoms with E-state index < -0.39 is 42.3 Å². The molecular weight excluding hydrogens is 504 g/mol. The summed E-state index contributed by atoms with van der Waals surface area (Å²) in [5.41, 5.74) is 6.89. The molecule has 1 aliphatic heterocycles. The van der Waals surface area contributed by atoms with Gasteiger partial charge in [-0.2, -0.15) is 0 Å². The maximum atomic E-state index is 14.1. The molecule has 0 unspecified atom stereocenters. The molecule has 0 radical (unpaired) electrons. The van der Waals surface area contributed by atoms with Gasteiger partial charge >= 0.3 is 5.97 Å². The smallest absolute Gasteiger partial charge is 0.330 e. The molecule has 1 fully saturated rings. The molecular formula is C33H32N2O5. The highest BCUT2D eigenvalue weighted by atomic mass is 16.5. The van der Waals surface area contributed by atoms with Crippen molar-refractivity contribution in [3.8, 4) is 0 Å².